The van der Waals surface area contributed by atoms with E-state index >= 15 is 0 Å². The molecule has 4 rings (SSSR count). The fourth-order valence-corrected chi connectivity index (χ4v) is 3.70. The Kier molecular flexibility index (Phi) is 5.37. The number of hydrogen-bond acceptors (Lipinski definition) is 6. The summed E-state index contributed by atoms with van der Waals surface area (Å²) in [5, 5.41) is 8.41. The lowest BCUT2D eigenvalue weighted by Crippen LogP contribution is -2.16. The van der Waals surface area contributed by atoms with Gasteiger partial charge >= 0.3 is 0 Å². The van der Waals surface area contributed by atoms with Gasteiger partial charge in [-0.3, -0.25) is 9.78 Å². The normalized spacial score (nSPS) is 11.0. The second kappa shape index (κ2) is 8.14. The number of fused-ring (bicyclic) bond motifs is 1. The van der Waals surface area contributed by atoms with E-state index in [4.69, 9.17) is 4.74 Å². The smallest absolute Gasteiger partial charge is 0.251 e. The minimum absolute atomic E-state index is 0.137. The molecule has 0 radical (unpaired) electrons. The number of aryl methyl sites for hydroxylation is 3. The Morgan fingerprint density at radius 3 is 2.55 bits per heavy atom. The van der Waals surface area contributed by atoms with E-state index in [0.29, 0.717) is 22.9 Å². The van der Waals surface area contributed by atoms with Gasteiger partial charge in [-0.05, 0) is 58.0 Å². The highest BCUT2D eigenvalue weighted by molar-refractivity contribution is 6.03. The zero-order chi connectivity index (χ0) is 22.1. The van der Waals surface area contributed by atoms with E-state index < -0.39 is 0 Å². The first-order valence-electron chi connectivity index (χ1n) is 9.96. The van der Waals surface area contributed by atoms with Gasteiger partial charge in [0.05, 0.1) is 24.9 Å². The SMILES string of the molecule is COc1ccc(NC(=O)Cc2c(C)nn(-c3nc(C)cc(C)n3)c2C)c2cccnc12. The largest absolute Gasteiger partial charge is 0.494 e. The van der Waals surface area contributed by atoms with E-state index in [1.165, 1.54) is 0 Å². The van der Waals surface area contributed by atoms with Crippen molar-refractivity contribution < 1.29 is 9.53 Å². The number of carbonyl (C=O) groups excluding carboxylic acids is 1. The molecule has 0 aliphatic heterocycles. The Hall–Kier alpha value is -3.81. The molecule has 3 aromatic heterocycles. The zero-order valence-electron chi connectivity index (χ0n) is 18.2. The Morgan fingerprint density at radius 1 is 1.10 bits per heavy atom. The predicted molar refractivity (Wildman–Crippen MR) is 119 cm³/mol. The molecule has 3 heterocycles. The molecule has 31 heavy (non-hydrogen) atoms. The maximum atomic E-state index is 12.9. The highest BCUT2D eigenvalue weighted by atomic mass is 16.5. The molecule has 0 fully saturated rings. The second-order valence-corrected chi connectivity index (χ2v) is 7.45. The van der Waals surface area contributed by atoms with Crippen LogP contribution in [0.15, 0.2) is 36.5 Å². The summed E-state index contributed by atoms with van der Waals surface area (Å²) in [6.45, 7) is 7.66. The highest BCUT2D eigenvalue weighted by Crippen LogP contribution is 2.30. The Bertz CT molecular complexity index is 1270. The summed E-state index contributed by atoms with van der Waals surface area (Å²) < 4.78 is 7.08. The molecular weight excluding hydrogens is 392 g/mol. The van der Waals surface area contributed by atoms with Crippen molar-refractivity contribution in [2.75, 3.05) is 12.4 Å². The van der Waals surface area contributed by atoms with Crippen molar-refractivity contribution in [1.29, 1.82) is 0 Å². The van der Waals surface area contributed by atoms with Gasteiger partial charge in [0, 0.05) is 34.2 Å². The van der Waals surface area contributed by atoms with Gasteiger partial charge in [-0.25, -0.2) is 14.6 Å². The van der Waals surface area contributed by atoms with Crippen LogP contribution in [-0.4, -0.2) is 37.7 Å². The third-order valence-corrected chi connectivity index (χ3v) is 5.17. The van der Waals surface area contributed by atoms with Crippen molar-refractivity contribution in [1.82, 2.24) is 24.7 Å². The van der Waals surface area contributed by atoms with Crippen LogP contribution in [0.2, 0.25) is 0 Å². The number of rotatable bonds is 5. The van der Waals surface area contributed by atoms with E-state index in [0.717, 1.165) is 33.7 Å². The summed E-state index contributed by atoms with van der Waals surface area (Å²) in [4.78, 5) is 26.3. The molecule has 1 N–H and O–H groups in total. The number of carbonyl (C=O) groups is 1. The number of methoxy groups -OCH3 is 1. The van der Waals surface area contributed by atoms with Gasteiger partial charge in [-0.2, -0.15) is 5.10 Å². The number of amides is 1. The number of hydrogen-bond donors (Lipinski definition) is 1. The Labute approximate surface area is 180 Å². The van der Waals surface area contributed by atoms with Crippen molar-refractivity contribution >= 4 is 22.5 Å². The minimum Gasteiger partial charge on any atom is -0.494 e. The zero-order valence-corrected chi connectivity index (χ0v) is 18.2. The van der Waals surface area contributed by atoms with Crippen molar-refractivity contribution in [2.45, 2.75) is 34.1 Å². The molecule has 0 spiro atoms. The molecule has 0 aliphatic carbocycles. The lowest BCUT2D eigenvalue weighted by Gasteiger charge is -2.11. The Balaban J connectivity index is 1.62. The van der Waals surface area contributed by atoms with Crippen LogP contribution < -0.4 is 10.1 Å². The van der Waals surface area contributed by atoms with Crippen LogP contribution in [-0.2, 0) is 11.2 Å². The fraction of sp³-hybridized carbons (Fsp3) is 0.261. The molecule has 0 saturated heterocycles. The Morgan fingerprint density at radius 2 is 1.84 bits per heavy atom. The molecule has 0 aliphatic rings. The lowest BCUT2D eigenvalue weighted by atomic mass is 10.1. The van der Waals surface area contributed by atoms with Crippen LogP contribution in [0, 0.1) is 27.7 Å². The van der Waals surface area contributed by atoms with Crippen molar-refractivity contribution in [2.24, 2.45) is 0 Å². The molecular formula is C23H24N6O2. The standard InChI is InChI=1S/C23H24N6O2/c1-13-11-14(2)26-23(25-13)29-16(4)18(15(3)28-29)12-21(30)27-19-8-9-20(31-5)22-17(19)7-6-10-24-22/h6-11H,12H2,1-5H3,(H,27,30). The summed E-state index contributed by atoms with van der Waals surface area (Å²) in [6, 6.07) is 9.29. The van der Waals surface area contributed by atoms with Crippen LogP contribution >= 0.6 is 0 Å². The lowest BCUT2D eigenvalue weighted by molar-refractivity contribution is -0.115. The summed E-state index contributed by atoms with van der Waals surface area (Å²) in [6.07, 6.45) is 1.89. The van der Waals surface area contributed by atoms with Gasteiger partial charge in [-0.1, -0.05) is 0 Å². The number of nitrogens with one attached hydrogen (secondary N) is 1. The summed E-state index contributed by atoms with van der Waals surface area (Å²) in [5.41, 5.74) is 5.61. The topological polar surface area (TPSA) is 94.8 Å². The first-order valence-corrected chi connectivity index (χ1v) is 9.96. The molecule has 0 saturated carbocycles. The third kappa shape index (κ3) is 3.96. The molecule has 4 aromatic rings. The highest BCUT2D eigenvalue weighted by Gasteiger charge is 2.18. The van der Waals surface area contributed by atoms with Crippen LogP contribution in [0.4, 0.5) is 5.69 Å². The van der Waals surface area contributed by atoms with E-state index in [2.05, 4.69) is 25.4 Å². The summed E-state index contributed by atoms with van der Waals surface area (Å²) in [5.74, 6) is 1.04. The average Bonchev–Trinajstić information content (AvgIpc) is 3.01. The van der Waals surface area contributed by atoms with E-state index in [9.17, 15) is 4.79 Å². The summed E-state index contributed by atoms with van der Waals surface area (Å²) in [7, 11) is 1.60. The first kappa shape index (κ1) is 20.5. The van der Waals surface area contributed by atoms with Gasteiger partial charge in [0.25, 0.3) is 5.95 Å². The fourth-order valence-electron chi connectivity index (χ4n) is 3.70. The van der Waals surface area contributed by atoms with Crippen molar-refractivity contribution in [3.05, 3.63) is 64.9 Å². The second-order valence-electron chi connectivity index (χ2n) is 7.45. The van der Waals surface area contributed by atoms with Crippen LogP contribution in [0.3, 0.4) is 0 Å². The molecule has 0 unspecified atom stereocenters. The molecule has 0 bridgehead atoms. The third-order valence-electron chi connectivity index (χ3n) is 5.17. The first-order chi connectivity index (χ1) is 14.9. The molecule has 1 amide bonds. The van der Waals surface area contributed by atoms with E-state index in [1.807, 2.05) is 52.0 Å². The number of pyridine rings is 1. The quantitative estimate of drug-likeness (QED) is 0.534. The monoisotopic (exact) mass is 416 g/mol. The van der Waals surface area contributed by atoms with Crippen LogP contribution in [0.25, 0.3) is 16.9 Å². The van der Waals surface area contributed by atoms with Gasteiger partial charge in [0.1, 0.15) is 11.3 Å². The van der Waals surface area contributed by atoms with E-state index in [-0.39, 0.29) is 12.3 Å². The number of benzene rings is 1. The maximum absolute atomic E-state index is 12.9. The van der Waals surface area contributed by atoms with E-state index in [1.54, 1.807) is 24.1 Å². The molecule has 8 heteroatoms. The van der Waals surface area contributed by atoms with Crippen molar-refractivity contribution in [3.63, 3.8) is 0 Å². The minimum atomic E-state index is -0.137. The molecule has 8 nitrogen and oxygen atoms in total. The average molecular weight is 416 g/mol. The van der Waals surface area contributed by atoms with Crippen LogP contribution in [0.1, 0.15) is 28.3 Å². The number of aromatic nitrogens is 5. The summed E-state index contributed by atoms with van der Waals surface area (Å²) >= 11 is 0. The van der Waals surface area contributed by atoms with Gasteiger partial charge in [-0.15, -0.1) is 0 Å². The van der Waals surface area contributed by atoms with Crippen molar-refractivity contribution in [3.8, 4) is 11.7 Å². The molecule has 1 aromatic carbocycles. The predicted octanol–water partition coefficient (Wildman–Crippen LogP) is 3.63. The molecule has 158 valence electrons. The number of ether oxygens (including phenoxy) is 1. The van der Waals surface area contributed by atoms with Crippen LogP contribution in [0.5, 0.6) is 5.75 Å². The number of nitrogens with zero attached hydrogens (tertiary/aromatic N) is 5. The van der Waals surface area contributed by atoms with Gasteiger partial charge in [0.15, 0.2) is 0 Å². The van der Waals surface area contributed by atoms with Gasteiger partial charge < -0.3 is 10.1 Å². The molecule has 0 atom stereocenters. The number of anilines is 1. The maximum Gasteiger partial charge on any atom is 0.251 e. The van der Waals surface area contributed by atoms with Gasteiger partial charge in [0.2, 0.25) is 5.91 Å².